The van der Waals surface area contributed by atoms with Gasteiger partial charge >= 0.3 is 0 Å². The number of hydrogen-bond donors (Lipinski definition) is 2. The van der Waals surface area contributed by atoms with E-state index in [-0.39, 0.29) is 6.61 Å². The molecule has 0 aromatic heterocycles. The summed E-state index contributed by atoms with van der Waals surface area (Å²) in [7, 11) is 0. The predicted octanol–water partition coefficient (Wildman–Crippen LogP) is 4.04. The highest BCUT2D eigenvalue weighted by atomic mass is 32.2. The topological polar surface area (TPSA) is 32.3 Å². The summed E-state index contributed by atoms with van der Waals surface area (Å²) in [5.74, 6) is 1.71. The van der Waals surface area contributed by atoms with Gasteiger partial charge in [-0.3, -0.25) is 0 Å². The normalized spacial score (nSPS) is 14.4. The molecule has 0 saturated heterocycles. The van der Waals surface area contributed by atoms with Crippen LogP contribution in [-0.4, -0.2) is 29.3 Å². The Hall–Kier alpha value is -0.510. The van der Waals surface area contributed by atoms with Gasteiger partial charge in [-0.1, -0.05) is 52.0 Å². The molecule has 2 atom stereocenters. The van der Waals surface area contributed by atoms with Crippen LogP contribution >= 0.6 is 11.8 Å². The number of aliphatic hydroxyl groups is 1. The van der Waals surface area contributed by atoms with E-state index in [9.17, 15) is 5.11 Å². The first kappa shape index (κ1) is 18.5. The molecule has 1 aromatic rings. The van der Waals surface area contributed by atoms with Gasteiger partial charge in [0, 0.05) is 17.0 Å². The summed E-state index contributed by atoms with van der Waals surface area (Å²) in [6.45, 7) is 10.1. The summed E-state index contributed by atoms with van der Waals surface area (Å²) >= 11 is 1.83. The maximum atomic E-state index is 9.17. The molecule has 120 valence electrons. The van der Waals surface area contributed by atoms with Crippen LogP contribution in [0.4, 0.5) is 0 Å². The summed E-state index contributed by atoms with van der Waals surface area (Å²) in [5, 5.41) is 13.1. The van der Waals surface area contributed by atoms with Crippen LogP contribution in [0.15, 0.2) is 24.3 Å². The SMILES string of the molecule is CCCNC(CSC(C)CO)c1ccc(CC(C)C)cc1. The minimum absolute atomic E-state index is 0.249. The number of hydrogen-bond acceptors (Lipinski definition) is 3. The maximum Gasteiger partial charge on any atom is 0.0547 e. The van der Waals surface area contributed by atoms with Gasteiger partial charge in [0.2, 0.25) is 0 Å². The Morgan fingerprint density at radius 3 is 2.33 bits per heavy atom. The van der Waals surface area contributed by atoms with Crippen LogP contribution in [0.3, 0.4) is 0 Å². The lowest BCUT2D eigenvalue weighted by Crippen LogP contribution is -2.25. The van der Waals surface area contributed by atoms with Crippen molar-refractivity contribution in [1.82, 2.24) is 5.32 Å². The van der Waals surface area contributed by atoms with E-state index in [0.29, 0.717) is 17.2 Å². The molecule has 0 heterocycles. The molecule has 2 N–H and O–H groups in total. The average Bonchev–Trinajstić information content (AvgIpc) is 2.47. The largest absolute Gasteiger partial charge is 0.395 e. The Balaban J connectivity index is 2.67. The molecule has 0 saturated carbocycles. The van der Waals surface area contributed by atoms with Gasteiger partial charge in [0.05, 0.1) is 6.61 Å². The fraction of sp³-hybridized carbons (Fsp3) is 0.667. The van der Waals surface area contributed by atoms with Crippen molar-refractivity contribution >= 4 is 11.8 Å². The lowest BCUT2D eigenvalue weighted by atomic mass is 10.00. The molecule has 0 aliphatic rings. The highest BCUT2D eigenvalue weighted by molar-refractivity contribution is 7.99. The quantitative estimate of drug-likeness (QED) is 0.684. The molecule has 3 heteroatoms. The van der Waals surface area contributed by atoms with Crippen molar-refractivity contribution in [3.05, 3.63) is 35.4 Å². The second-order valence-electron chi connectivity index (χ2n) is 6.17. The van der Waals surface area contributed by atoms with Crippen molar-refractivity contribution in [2.45, 2.75) is 51.8 Å². The Morgan fingerprint density at radius 2 is 1.81 bits per heavy atom. The van der Waals surface area contributed by atoms with E-state index in [2.05, 4.69) is 57.3 Å². The number of benzene rings is 1. The summed E-state index contributed by atoms with van der Waals surface area (Å²) in [6.07, 6.45) is 2.28. The van der Waals surface area contributed by atoms with Crippen molar-refractivity contribution in [2.75, 3.05) is 18.9 Å². The summed E-state index contributed by atoms with van der Waals surface area (Å²) in [5.41, 5.74) is 2.77. The van der Waals surface area contributed by atoms with Crippen LogP contribution in [0.2, 0.25) is 0 Å². The molecule has 0 amide bonds. The average molecular weight is 310 g/mol. The van der Waals surface area contributed by atoms with E-state index >= 15 is 0 Å². The van der Waals surface area contributed by atoms with Gasteiger partial charge in [-0.2, -0.15) is 11.8 Å². The maximum absolute atomic E-state index is 9.17. The zero-order chi connectivity index (χ0) is 15.7. The molecule has 0 aliphatic carbocycles. The van der Waals surface area contributed by atoms with E-state index in [1.807, 2.05) is 11.8 Å². The minimum Gasteiger partial charge on any atom is -0.395 e. The van der Waals surface area contributed by atoms with Crippen LogP contribution in [-0.2, 0) is 6.42 Å². The number of rotatable bonds is 10. The molecule has 0 aliphatic heterocycles. The molecular formula is C18H31NOS. The summed E-state index contributed by atoms with van der Waals surface area (Å²) in [4.78, 5) is 0. The first-order valence-corrected chi connectivity index (χ1v) is 9.16. The van der Waals surface area contributed by atoms with Crippen LogP contribution in [0.5, 0.6) is 0 Å². The smallest absolute Gasteiger partial charge is 0.0547 e. The minimum atomic E-state index is 0.249. The van der Waals surface area contributed by atoms with Crippen LogP contribution < -0.4 is 5.32 Å². The Bertz CT molecular complexity index is 377. The molecule has 0 radical (unpaired) electrons. The van der Waals surface area contributed by atoms with Gasteiger partial charge in [0.25, 0.3) is 0 Å². The van der Waals surface area contributed by atoms with Crippen molar-refractivity contribution in [2.24, 2.45) is 5.92 Å². The van der Waals surface area contributed by atoms with Gasteiger partial charge < -0.3 is 10.4 Å². The van der Waals surface area contributed by atoms with E-state index in [1.165, 1.54) is 11.1 Å². The predicted molar refractivity (Wildman–Crippen MR) is 95.0 cm³/mol. The first-order valence-electron chi connectivity index (χ1n) is 8.11. The molecule has 0 spiro atoms. The van der Waals surface area contributed by atoms with E-state index in [0.717, 1.165) is 25.1 Å². The van der Waals surface area contributed by atoms with Crippen LogP contribution in [0.1, 0.15) is 51.3 Å². The summed E-state index contributed by atoms with van der Waals surface area (Å²) in [6, 6.07) is 9.41. The molecule has 21 heavy (non-hydrogen) atoms. The molecule has 2 nitrogen and oxygen atoms in total. The van der Waals surface area contributed by atoms with Crippen LogP contribution in [0, 0.1) is 5.92 Å². The molecule has 0 bridgehead atoms. The molecule has 0 fully saturated rings. The molecular weight excluding hydrogens is 278 g/mol. The van der Waals surface area contributed by atoms with Gasteiger partial charge in [-0.05, 0) is 36.4 Å². The van der Waals surface area contributed by atoms with Crippen molar-refractivity contribution < 1.29 is 5.11 Å². The van der Waals surface area contributed by atoms with E-state index in [4.69, 9.17) is 0 Å². The third kappa shape index (κ3) is 7.35. The molecule has 1 rings (SSSR count). The standard InChI is InChI=1S/C18H31NOS/c1-5-10-19-18(13-21-15(4)12-20)17-8-6-16(7-9-17)11-14(2)3/h6-9,14-15,18-20H,5,10-13H2,1-4H3. The molecule has 1 aromatic carbocycles. The van der Waals surface area contributed by atoms with Gasteiger partial charge in [0.15, 0.2) is 0 Å². The lowest BCUT2D eigenvalue weighted by molar-refractivity contribution is 0.300. The number of aliphatic hydroxyl groups excluding tert-OH is 1. The Labute approximate surface area is 134 Å². The Kier molecular flexibility index (Phi) is 9.05. The van der Waals surface area contributed by atoms with Gasteiger partial charge in [-0.25, -0.2) is 0 Å². The van der Waals surface area contributed by atoms with Gasteiger partial charge in [-0.15, -0.1) is 0 Å². The third-order valence-corrected chi connectivity index (χ3v) is 4.72. The van der Waals surface area contributed by atoms with Crippen molar-refractivity contribution in [3.63, 3.8) is 0 Å². The fourth-order valence-electron chi connectivity index (χ4n) is 2.26. The van der Waals surface area contributed by atoms with Crippen LogP contribution in [0.25, 0.3) is 0 Å². The van der Waals surface area contributed by atoms with E-state index in [1.54, 1.807) is 0 Å². The number of thioether (sulfide) groups is 1. The van der Waals surface area contributed by atoms with Gasteiger partial charge in [0.1, 0.15) is 0 Å². The fourth-order valence-corrected chi connectivity index (χ4v) is 3.20. The third-order valence-electron chi connectivity index (χ3n) is 3.47. The molecule has 2 unspecified atom stereocenters. The summed E-state index contributed by atoms with van der Waals surface area (Å²) < 4.78 is 0. The van der Waals surface area contributed by atoms with E-state index < -0.39 is 0 Å². The van der Waals surface area contributed by atoms with Crippen molar-refractivity contribution in [3.8, 4) is 0 Å². The Morgan fingerprint density at radius 1 is 1.14 bits per heavy atom. The number of nitrogens with one attached hydrogen (secondary N) is 1. The van der Waals surface area contributed by atoms with Crippen molar-refractivity contribution in [1.29, 1.82) is 0 Å². The monoisotopic (exact) mass is 309 g/mol. The second-order valence-corrected chi connectivity index (χ2v) is 7.64. The highest BCUT2D eigenvalue weighted by Crippen LogP contribution is 2.22. The highest BCUT2D eigenvalue weighted by Gasteiger charge is 2.13. The zero-order valence-corrected chi connectivity index (χ0v) is 14.7. The first-order chi connectivity index (χ1) is 10.1. The lowest BCUT2D eigenvalue weighted by Gasteiger charge is -2.21. The zero-order valence-electron chi connectivity index (χ0n) is 13.9. The second kappa shape index (κ2) is 10.3.